The Kier molecular flexibility index (Phi) is 5.25. The van der Waals surface area contributed by atoms with E-state index < -0.39 is 0 Å². The summed E-state index contributed by atoms with van der Waals surface area (Å²) in [5.74, 6) is 0.439. The maximum Gasteiger partial charge on any atom is 0.0783 e. The van der Waals surface area contributed by atoms with Crippen molar-refractivity contribution in [1.29, 1.82) is 0 Å². The molecule has 0 aromatic heterocycles. The number of hydrogen-bond donors (Lipinski definition) is 1. The van der Waals surface area contributed by atoms with Crippen LogP contribution in [-0.2, 0) is 0 Å². The molecule has 1 N–H and O–H groups in total. The number of nitrogens with one attached hydrogen (secondary N) is 1. The molecule has 1 nitrogen and oxygen atoms in total. The van der Waals surface area contributed by atoms with Gasteiger partial charge in [0.25, 0.3) is 0 Å². The van der Waals surface area contributed by atoms with Crippen molar-refractivity contribution in [3.8, 4) is 0 Å². The molecule has 0 saturated heterocycles. The van der Waals surface area contributed by atoms with Crippen molar-refractivity contribution in [3.63, 3.8) is 0 Å². The summed E-state index contributed by atoms with van der Waals surface area (Å²) in [4.78, 5) is 0.980. The van der Waals surface area contributed by atoms with Crippen LogP contribution in [0.15, 0.2) is 0 Å². The zero-order valence-electron chi connectivity index (χ0n) is 11.4. The lowest BCUT2D eigenvalue weighted by molar-refractivity contribution is 0.300. The van der Waals surface area contributed by atoms with Gasteiger partial charge in [-0.3, -0.25) is 0 Å². The van der Waals surface area contributed by atoms with Gasteiger partial charge in [-0.1, -0.05) is 46.8 Å². The summed E-state index contributed by atoms with van der Waals surface area (Å²) < 4.78 is 0. The van der Waals surface area contributed by atoms with Gasteiger partial charge in [-0.15, -0.1) is 0 Å². The fourth-order valence-electron chi connectivity index (χ4n) is 1.23. The van der Waals surface area contributed by atoms with Gasteiger partial charge < -0.3 is 5.32 Å². The Morgan fingerprint density at radius 3 is 1.87 bits per heavy atom. The van der Waals surface area contributed by atoms with Crippen molar-refractivity contribution in [2.24, 2.45) is 11.3 Å². The highest BCUT2D eigenvalue weighted by atomic mass is 32.1. The van der Waals surface area contributed by atoms with Crippen molar-refractivity contribution in [3.05, 3.63) is 0 Å². The second-order valence-corrected chi connectivity index (χ2v) is 7.03. The molecule has 0 aliphatic heterocycles. The van der Waals surface area contributed by atoms with Crippen LogP contribution in [0.2, 0.25) is 0 Å². The standard InChI is InChI=1S/C13H27NS/c1-10(2)11(15)14-13(6,7)9-8-12(3,4)5/h10H,8-9H2,1-7H3,(H,14,15). The van der Waals surface area contributed by atoms with Crippen LogP contribution in [0.3, 0.4) is 0 Å². The Bertz CT molecular complexity index is 211. The Labute approximate surface area is 101 Å². The first-order chi connectivity index (χ1) is 6.53. The average molecular weight is 229 g/mol. The maximum absolute atomic E-state index is 5.32. The fraction of sp³-hybridized carbons (Fsp3) is 0.923. The number of thiocarbonyl (C=S) groups is 1. The van der Waals surface area contributed by atoms with E-state index >= 15 is 0 Å². The molecule has 0 aromatic carbocycles. The monoisotopic (exact) mass is 229 g/mol. The van der Waals surface area contributed by atoms with Gasteiger partial charge >= 0.3 is 0 Å². The predicted molar refractivity (Wildman–Crippen MR) is 73.3 cm³/mol. The zero-order chi connectivity index (χ0) is 12.3. The summed E-state index contributed by atoms with van der Waals surface area (Å²) in [5.41, 5.74) is 0.521. The summed E-state index contributed by atoms with van der Waals surface area (Å²) in [7, 11) is 0. The van der Waals surface area contributed by atoms with Gasteiger partial charge in [0, 0.05) is 11.5 Å². The van der Waals surface area contributed by atoms with Gasteiger partial charge in [-0.05, 0) is 32.1 Å². The van der Waals surface area contributed by atoms with Crippen molar-refractivity contribution in [1.82, 2.24) is 5.32 Å². The van der Waals surface area contributed by atoms with E-state index in [2.05, 4.69) is 53.8 Å². The lowest BCUT2D eigenvalue weighted by Crippen LogP contribution is -2.44. The second-order valence-electron chi connectivity index (χ2n) is 6.59. The van der Waals surface area contributed by atoms with E-state index in [9.17, 15) is 0 Å². The zero-order valence-corrected chi connectivity index (χ0v) is 12.2. The van der Waals surface area contributed by atoms with Gasteiger partial charge in [0.2, 0.25) is 0 Å². The van der Waals surface area contributed by atoms with Crippen LogP contribution in [0.25, 0.3) is 0 Å². The van der Waals surface area contributed by atoms with E-state index in [4.69, 9.17) is 12.2 Å². The normalized spacial score (nSPS) is 13.1. The first kappa shape index (κ1) is 14.9. The molecule has 0 heterocycles. The SMILES string of the molecule is CC(C)C(=S)NC(C)(C)CCC(C)(C)C. The minimum Gasteiger partial charge on any atom is -0.375 e. The first-order valence-corrected chi connectivity index (χ1v) is 6.26. The third-order valence-corrected chi connectivity index (χ3v) is 3.06. The minimum atomic E-state index is 0.120. The molecule has 15 heavy (non-hydrogen) atoms. The van der Waals surface area contributed by atoms with E-state index in [0.717, 1.165) is 11.4 Å². The fourth-order valence-corrected chi connectivity index (χ4v) is 1.50. The summed E-state index contributed by atoms with van der Waals surface area (Å²) >= 11 is 5.32. The van der Waals surface area contributed by atoms with Crippen molar-refractivity contribution >= 4 is 17.2 Å². The quantitative estimate of drug-likeness (QED) is 0.726. The Hall–Kier alpha value is -0.110. The molecule has 0 atom stereocenters. The maximum atomic E-state index is 5.32. The van der Waals surface area contributed by atoms with E-state index in [0.29, 0.717) is 11.3 Å². The van der Waals surface area contributed by atoms with E-state index in [1.165, 1.54) is 6.42 Å². The van der Waals surface area contributed by atoms with Crippen LogP contribution in [0.1, 0.15) is 61.3 Å². The van der Waals surface area contributed by atoms with Gasteiger partial charge in [0.15, 0.2) is 0 Å². The van der Waals surface area contributed by atoms with E-state index in [-0.39, 0.29) is 5.54 Å². The molecule has 0 fully saturated rings. The Morgan fingerprint density at radius 1 is 1.07 bits per heavy atom. The van der Waals surface area contributed by atoms with Crippen LogP contribution in [-0.4, -0.2) is 10.5 Å². The summed E-state index contributed by atoms with van der Waals surface area (Å²) in [5, 5.41) is 3.46. The van der Waals surface area contributed by atoms with E-state index in [1.54, 1.807) is 0 Å². The Morgan fingerprint density at radius 2 is 1.53 bits per heavy atom. The average Bonchev–Trinajstić information content (AvgIpc) is 1.99. The van der Waals surface area contributed by atoms with Gasteiger partial charge in [-0.2, -0.15) is 0 Å². The second kappa shape index (κ2) is 5.29. The van der Waals surface area contributed by atoms with Crippen molar-refractivity contribution < 1.29 is 0 Å². The summed E-state index contributed by atoms with van der Waals surface area (Å²) in [6, 6.07) is 0. The molecule has 0 spiro atoms. The first-order valence-electron chi connectivity index (χ1n) is 5.85. The third-order valence-electron chi connectivity index (χ3n) is 2.49. The van der Waals surface area contributed by atoms with Crippen LogP contribution in [0, 0.1) is 11.3 Å². The highest BCUT2D eigenvalue weighted by Crippen LogP contribution is 2.25. The molecule has 0 aliphatic carbocycles. The molecular formula is C13H27NS. The van der Waals surface area contributed by atoms with Crippen LogP contribution < -0.4 is 5.32 Å². The van der Waals surface area contributed by atoms with E-state index in [1.807, 2.05) is 0 Å². The van der Waals surface area contributed by atoms with Gasteiger partial charge in [-0.25, -0.2) is 0 Å². The lowest BCUT2D eigenvalue weighted by atomic mass is 9.84. The molecular weight excluding hydrogens is 202 g/mol. The number of rotatable bonds is 4. The molecule has 90 valence electrons. The molecule has 0 bridgehead atoms. The van der Waals surface area contributed by atoms with Crippen LogP contribution in [0.5, 0.6) is 0 Å². The minimum absolute atomic E-state index is 0.120. The van der Waals surface area contributed by atoms with Gasteiger partial charge in [0.1, 0.15) is 0 Å². The molecule has 2 heteroatoms. The van der Waals surface area contributed by atoms with Gasteiger partial charge in [0.05, 0.1) is 4.99 Å². The topological polar surface area (TPSA) is 12.0 Å². The predicted octanol–water partition coefficient (Wildman–Crippen LogP) is 4.16. The van der Waals surface area contributed by atoms with Crippen LogP contribution >= 0.6 is 12.2 Å². The number of hydrogen-bond acceptors (Lipinski definition) is 1. The summed E-state index contributed by atoms with van der Waals surface area (Å²) in [6.45, 7) is 15.6. The smallest absolute Gasteiger partial charge is 0.0783 e. The lowest BCUT2D eigenvalue weighted by Gasteiger charge is -2.32. The molecule has 0 unspecified atom stereocenters. The molecule has 0 saturated carbocycles. The molecule has 0 aromatic rings. The molecule has 0 aliphatic rings. The highest BCUT2D eigenvalue weighted by Gasteiger charge is 2.22. The van der Waals surface area contributed by atoms with Crippen LogP contribution in [0.4, 0.5) is 0 Å². The molecule has 0 rings (SSSR count). The summed E-state index contributed by atoms with van der Waals surface area (Å²) in [6.07, 6.45) is 2.37. The molecule has 0 amide bonds. The Balaban J connectivity index is 4.14. The largest absolute Gasteiger partial charge is 0.375 e. The third kappa shape index (κ3) is 7.78. The van der Waals surface area contributed by atoms with Crippen molar-refractivity contribution in [2.45, 2.75) is 66.8 Å². The molecule has 0 radical (unpaired) electrons. The van der Waals surface area contributed by atoms with Crippen molar-refractivity contribution in [2.75, 3.05) is 0 Å². The highest BCUT2D eigenvalue weighted by molar-refractivity contribution is 7.80.